The molecule has 4 rings (SSSR count). The van der Waals surface area contributed by atoms with Crippen LogP contribution in [0.25, 0.3) is 10.2 Å². The highest BCUT2D eigenvalue weighted by Crippen LogP contribution is 2.36. The molecule has 3 aromatic rings. The second-order valence-corrected chi connectivity index (χ2v) is 10.2. The van der Waals surface area contributed by atoms with Crippen molar-refractivity contribution in [2.24, 2.45) is 5.92 Å². The van der Waals surface area contributed by atoms with Gasteiger partial charge in [-0.05, 0) is 24.0 Å². The lowest BCUT2D eigenvalue weighted by Crippen LogP contribution is -2.29. The van der Waals surface area contributed by atoms with Crippen LogP contribution in [0.1, 0.15) is 36.8 Å². The number of carboxylic acid groups (broad SMARTS) is 1. The molecule has 1 aliphatic heterocycles. The van der Waals surface area contributed by atoms with E-state index >= 15 is 0 Å². The Morgan fingerprint density at radius 2 is 2.07 bits per heavy atom. The van der Waals surface area contributed by atoms with Gasteiger partial charge in [-0.3, -0.25) is 14.2 Å². The third kappa shape index (κ3) is 4.04. The fourth-order valence-corrected chi connectivity index (χ4v) is 5.58. The smallest absolute Gasteiger partial charge is 0.316 e. The van der Waals surface area contributed by atoms with Crippen molar-refractivity contribution in [1.82, 2.24) is 9.55 Å². The number of aliphatic carboxylic acids is 1. The first-order valence-corrected chi connectivity index (χ1v) is 11.6. The molecule has 8 heteroatoms. The first kappa shape index (κ1) is 21.1. The van der Waals surface area contributed by atoms with Crippen molar-refractivity contribution in [1.29, 1.82) is 0 Å². The number of hydrogen-bond donors (Lipinski definition) is 1. The molecule has 0 fully saturated rings. The van der Waals surface area contributed by atoms with E-state index < -0.39 is 11.2 Å². The minimum absolute atomic E-state index is 0.0818. The van der Waals surface area contributed by atoms with E-state index in [0.29, 0.717) is 40.9 Å². The number of hydrogen-bond acceptors (Lipinski definition) is 6. The maximum atomic E-state index is 13.6. The van der Waals surface area contributed by atoms with Gasteiger partial charge in [0, 0.05) is 11.3 Å². The number of fused-ring (bicyclic) bond motifs is 3. The zero-order valence-electron chi connectivity index (χ0n) is 17.1. The van der Waals surface area contributed by atoms with Crippen molar-refractivity contribution in [3.8, 4) is 0 Å². The Hall–Kier alpha value is -2.16. The molecule has 3 heterocycles. The van der Waals surface area contributed by atoms with Crippen molar-refractivity contribution in [3.63, 3.8) is 0 Å². The fourth-order valence-electron chi connectivity index (χ4n) is 3.57. The van der Waals surface area contributed by atoms with Crippen molar-refractivity contribution < 1.29 is 14.6 Å². The maximum Gasteiger partial charge on any atom is 0.316 e. The van der Waals surface area contributed by atoms with Crippen molar-refractivity contribution >= 4 is 39.3 Å². The van der Waals surface area contributed by atoms with Crippen LogP contribution in [0.15, 0.2) is 40.3 Å². The Morgan fingerprint density at radius 3 is 2.73 bits per heavy atom. The summed E-state index contributed by atoms with van der Waals surface area (Å²) in [6.07, 6.45) is 0.783. The number of ether oxygens (including phenoxy) is 1. The van der Waals surface area contributed by atoms with Crippen molar-refractivity contribution in [3.05, 3.63) is 56.7 Å². The molecular weight excluding hydrogens is 420 g/mol. The number of carboxylic acids is 1. The summed E-state index contributed by atoms with van der Waals surface area (Å²) in [5.74, 6) is -0.571. The normalized spacial score (nSPS) is 17.3. The lowest BCUT2D eigenvalue weighted by atomic mass is 9.96. The number of nitrogens with zero attached hydrogens (tertiary/aromatic N) is 2. The van der Waals surface area contributed by atoms with Gasteiger partial charge < -0.3 is 9.84 Å². The molecular formula is C22H24N2O4S2. The standard InChI is InChI=1S/C22H24N2O4S2/c1-12(2)16-9-15-17(11-28-16)30-19-18(15)20(25)24(10-14-7-5-4-6-8-14)22(23-19)29-13(3)21(26)27/h4-8,12-13,16H,9-11H2,1-3H3,(H,26,27)/t13-,16?/m1/s1. The highest BCUT2D eigenvalue weighted by atomic mass is 32.2. The lowest BCUT2D eigenvalue weighted by Gasteiger charge is -2.26. The van der Waals surface area contributed by atoms with Crippen LogP contribution >= 0.6 is 23.1 Å². The molecule has 0 aliphatic carbocycles. The van der Waals surface area contributed by atoms with E-state index in [2.05, 4.69) is 13.8 Å². The molecule has 0 saturated heterocycles. The van der Waals surface area contributed by atoms with Gasteiger partial charge >= 0.3 is 5.97 Å². The van der Waals surface area contributed by atoms with Crippen LogP contribution in [0, 0.1) is 5.92 Å². The number of benzene rings is 1. The van der Waals surface area contributed by atoms with Gasteiger partial charge in [0.2, 0.25) is 0 Å². The van der Waals surface area contributed by atoms with Crippen molar-refractivity contribution in [2.45, 2.75) is 56.9 Å². The summed E-state index contributed by atoms with van der Waals surface area (Å²) in [5, 5.41) is 9.76. The van der Waals surface area contributed by atoms with Gasteiger partial charge in [-0.1, -0.05) is 55.9 Å². The third-order valence-electron chi connectivity index (χ3n) is 5.35. The van der Waals surface area contributed by atoms with Crippen LogP contribution in [-0.4, -0.2) is 32.0 Å². The van der Waals surface area contributed by atoms with Gasteiger partial charge in [0.05, 0.1) is 24.6 Å². The SMILES string of the molecule is CC(C)C1Cc2c(sc3nc(S[C@H](C)C(=O)O)n(Cc4ccccc4)c(=O)c23)CO1. The summed E-state index contributed by atoms with van der Waals surface area (Å²) in [5.41, 5.74) is 1.91. The molecule has 0 spiro atoms. The van der Waals surface area contributed by atoms with Crippen LogP contribution in [0.4, 0.5) is 0 Å². The Bertz CT molecular complexity index is 1140. The van der Waals surface area contributed by atoms with Gasteiger partial charge in [0.1, 0.15) is 10.1 Å². The molecule has 158 valence electrons. The zero-order valence-corrected chi connectivity index (χ0v) is 18.8. The van der Waals surface area contributed by atoms with E-state index in [4.69, 9.17) is 9.72 Å². The van der Waals surface area contributed by atoms with Crippen LogP contribution in [-0.2, 0) is 29.1 Å². The molecule has 0 saturated carbocycles. The summed E-state index contributed by atoms with van der Waals surface area (Å²) >= 11 is 2.59. The molecule has 1 aromatic carbocycles. The molecule has 1 aliphatic rings. The van der Waals surface area contributed by atoms with Crippen LogP contribution < -0.4 is 5.56 Å². The van der Waals surface area contributed by atoms with Crippen LogP contribution in [0.2, 0.25) is 0 Å². The van der Waals surface area contributed by atoms with Crippen molar-refractivity contribution in [2.75, 3.05) is 0 Å². The Morgan fingerprint density at radius 1 is 1.33 bits per heavy atom. The zero-order chi connectivity index (χ0) is 21.4. The Kier molecular flexibility index (Phi) is 5.99. The Labute approximate surface area is 182 Å². The molecule has 0 bridgehead atoms. The largest absolute Gasteiger partial charge is 0.480 e. The minimum atomic E-state index is -0.931. The second kappa shape index (κ2) is 8.53. The number of carbonyl (C=O) groups is 1. The summed E-state index contributed by atoms with van der Waals surface area (Å²) in [6.45, 7) is 6.70. The average Bonchev–Trinajstić information content (AvgIpc) is 3.09. The van der Waals surface area contributed by atoms with Gasteiger partial charge in [-0.15, -0.1) is 11.3 Å². The number of rotatable bonds is 6. The average molecular weight is 445 g/mol. The molecule has 1 N–H and O–H groups in total. The number of thioether (sulfide) groups is 1. The molecule has 6 nitrogen and oxygen atoms in total. The van der Waals surface area contributed by atoms with Crippen LogP contribution in [0.5, 0.6) is 0 Å². The summed E-state index contributed by atoms with van der Waals surface area (Å²) in [4.78, 5) is 31.5. The van der Waals surface area contributed by atoms with Gasteiger partial charge in [0.15, 0.2) is 5.16 Å². The van der Waals surface area contributed by atoms with Gasteiger partial charge in [0.25, 0.3) is 5.56 Å². The third-order valence-corrected chi connectivity index (χ3v) is 7.53. The molecule has 30 heavy (non-hydrogen) atoms. The van der Waals surface area contributed by atoms with Crippen LogP contribution in [0.3, 0.4) is 0 Å². The monoisotopic (exact) mass is 444 g/mol. The molecule has 2 atom stereocenters. The van der Waals surface area contributed by atoms with E-state index in [9.17, 15) is 14.7 Å². The van der Waals surface area contributed by atoms with E-state index in [-0.39, 0.29) is 11.7 Å². The predicted octanol–water partition coefficient (Wildman–Crippen LogP) is 4.17. The van der Waals surface area contributed by atoms with E-state index in [1.807, 2.05) is 30.3 Å². The lowest BCUT2D eigenvalue weighted by molar-refractivity contribution is -0.136. The topological polar surface area (TPSA) is 81.4 Å². The quantitative estimate of drug-likeness (QED) is 0.454. The maximum absolute atomic E-state index is 13.6. The van der Waals surface area contributed by atoms with Gasteiger partial charge in [-0.2, -0.15) is 0 Å². The van der Waals surface area contributed by atoms with E-state index in [1.165, 1.54) is 11.3 Å². The molecule has 0 amide bonds. The fraction of sp³-hybridized carbons (Fsp3) is 0.409. The first-order valence-electron chi connectivity index (χ1n) is 9.95. The highest BCUT2D eigenvalue weighted by molar-refractivity contribution is 8.00. The summed E-state index contributed by atoms with van der Waals surface area (Å²) in [6, 6.07) is 9.69. The number of thiophene rings is 1. The first-order chi connectivity index (χ1) is 14.3. The van der Waals surface area contributed by atoms with Gasteiger partial charge in [-0.25, -0.2) is 4.98 Å². The Balaban J connectivity index is 1.86. The summed E-state index contributed by atoms with van der Waals surface area (Å²) in [7, 11) is 0. The number of aromatic nitrogens is 2. The molecule has 2 aromatic heterocycles. The van der Waals surface area contributed by atoms with E-state index in [1.54, 1.807) is 11.5 Å². The summed E-state index contributed by atoms with van der Waals surface area (Å²) < 4.78 is 7.60. The second-order valence-electron chi connectivity index (χ2n) is 7.85. The molecule has 1 unspecified atom stereocenters. The van der Waals surface area contributed by atoms with E-state index in [0.717, 1.165) is 27.8 Å². The predicted molar refractivity (Wildman–Crippen MR) is 119 cm³/mol. The molecule has 0 radical (unpaired) electrons. The highest BCUT2D eigenvalue weighted by Gasteiger charge is 2.29. The minimum Gasteiger partial charge on any atom is -0.480 e.